The van der Waals surface area contributed by atoms with Gasteiger partial charge in [0.05, 0.1) is 0 Å². The number of rotatable bonds is 0. The summed E-state index contributed by atoms with van der Waals surface area (Å²) in [4.78, 5) is 12.6. The molecule has 5 heterocycles. The summed E-state index contributed by atoms with van der Waals surface area (Å²) in [5.41, 5.74) is 0. The van der Waals surface area contributed by atoms with Crippen LogP contribution < -0.4 is 13.1 Å². The predicted molar refractivity (Wildman–Crippen MR) is 112 cm³/mol. The van der Waals surface area contributed by atoms with Crippen LogP contribution in [0.2, 0.25) is 10.6 Å². The van der Waals surface area contributed by atoms with Gasteiger partial charge in [-0.1, -0.05) is 0 Å². The molecule has 11 heteroatoms. The van der Waals surface area contributed by atoms with Crippen LogP contribution in [-0.2, 0) is 9.47 Å². The Morgan fingerprint density at radius 1 is 0.792 bits per heavy atom. The first-order valence-corrected chi connectivity index (χ1v) is 15.9. The molecule has 0 bridgehead atoms. The van der Waals surface area contributed by atoms with Crippen molar-refractivity contribution in [3.05, 3.63) is 35.7 Å². The number of ether oxygens (including phenoxy) is 2. The van der Waals surface area contributed by atoms with E-state index in [1.165, 1.54) is 26.2 Å². The van der Waals surface area contributed by atoms with Crippen LogP contribution in [0.4, 0.5) is 0 Å². The van der Waals surface area contributed by atoms with Crippen molar-refractivity contribution in [2.45, 2.75) is 10.6 Å². The molecule has 24 heavy (non-hydrogen) atoms. The Morgan fingerprint density at radius 2 is 1.42 bits per heavy atom. The Balaban J connectivity index is 1.52. The molecule has 0 saturated carbocycles. The van der Waals surface area contributed by atoms with Crippen LogP contribution in [0.25, 0.3) is 8.47 Å². The Kier molecular flexibility index (Phi) is 5.21. The first-order valence-electron chi connectivity index (χ1n) is 6.87. The summed E-state index contributed by atoms with van der Waals surface area (Å²) < 4.78 is 19.0. The molecule has 4 aliphatic heterocycles. The van der Waals surface area contributed by atoms with Gasteiger partial charge in [-0.15, -0.1) is 0 Å². The summed E-state index contributed by atoms with van der Waals surface area (Å²) in [6, 6.07) is 0. The predicted octanol–water partition coefficient (Wildman–Crippen LogP) is 2.82. The van der Waals surface area contributed by atoms with Crippen LogP contribution >= 0.6 is 69.7 Å². The fourth-order valence-electron chi connectivity index (χ4n) is 2.11. The molecule has 4 aliphatic rings. The van der Waals surface area contributed by atoms with Gasteiger partial charge in [-0.2, -0.15) is 0 Å². The summed E-state index contributed by atoms with van der Waals surface area (Å²) in [6.07, 6.45) is 0. The van der Waals surface area contributed by atoms with E-state index in [9.17, 15) is 4.79 Å². The third kappa shape index (κ3) is 3.23. The molecule has 126 valence electrons. The number of thioether (sulfide) groups is 4. The van der Waals surface area contributed by atoms with Crippen LogP contribution in [0.3, 0.4) is 0 Å². The molecular weight excluding hydrogens is 554 g/mol. The minimum atomic E-state index is 0.199. The van der Waals surface area contributed by atoms with Crippen molar-refractivity contribution in [1.82, 2.24) is 0 Å². The van der Waals surface area contributed by atoms with Crippen LogP contribution in [0.1, 0.15) is 0 Å². The minimum absolute atomic E-state index is 0.199. The van der Waals surface area contributed by atoms with Gasteiger partial charge in [-0.3, -0.25) is 0 Å². The normalized spacial score (nSPS) is 23.3. The Morgan fingerprint density at radius 3 is 2.04 bits per heavy atom. The average molecular weight is 563 g/mol. The first kappa shape index (κ1) is 17.2. The monoisotopic (exact) mass is 564 g/mol. The molecule has 1 aromatic heterocycles. The topological polar surface area (TPSA) is 35.5 Å². The van der Waals surface area contributed by atoms with Gasteiger partial charge in [0.1, 0.15) is 0 Å². The van der Waals surface area contributed by atoms with Gasteiger partial charge in [0.25, 0.3) is 0 Å². The van der Waals surface area contributed by atoms with E-state index in [4.69, 9.17) is 9.47 Å². The second-order valence-electron chi connectivity index (χ2n) is 4.64. The molecule has 0 radical (unpaired) electrons. The SMILES string of the molecule is O=c1sc(=C2SC3=C(OCCO3)S2)sc1=C1SC2=C(S1)[Se]CC[Se]2. The van der Waals surface area contributed by atoms with Gasteiger partial charge < -0.3 is 0 Å². The van der Waals surface area contributed by atoms with Gasteiger partial charge in [0, 0.05) is 0 Å². The van der Waals surface area contributed by atoms with Crippen LogP contribution in [0, 0.1) is 0 Å². The number of hydrogen-bond donors (Lipinski definition) is 0. The van der Waals surface area contributed by atoms with Crippen molar-refractivity contribution in [1.29, 1.82) is 0 Å². The summed E-state index contributed by atoms with van der Waals surface area (Å²) in [7, 11) is 0. The molecule has 0 aliphatic carbocycles. The molecule has 0 saturated heterocycles. The van der Waals surface area contributed by atoms with E-state index in [0.717, 1.165) is 22.8 Å². The van der Waals surface area contributed by atoms with E-state index in [1.54, 1.807) is 42.5 Å². The second-order valence-corrected chi connectivity index (χ2v) is 17.2. The van der Waals surface area contributed by atoms with Gasteiger partial charge in [-0.25, -0.2) is 0 Å². The molecule has 5 rings (SSSR count). The van der Waals surface area contributed by atoms with E-state index in [-0.39, 0.29) is 4.74 Å². The van der Waals surface area contributed by atoms with Crippen molar-refractivity contribution < 1.29 is 9.47 Å². The fraction of sp³-hybridized carbons (Fsp3) is 0.308. The molecule has 0 spiro atoms. The zero-order chi connectivity index (χ0) is 16.1. The molecule has 0 fully saturated rings. The molecule has 0 amide bonds. The zero-order valence-electron chi connectivity index (χ0n) is 11.8. The third-order valence-corrected chi connectivity index (χ3v) is 19.3. The van der Waals surface area contributed by atoms with Crippen LogP contribution in [0.5, 0.6) is 0 Å². The zero-order valence-corrected chi connectivity index (χ0v) is 20.1. The van der Waals surface area contributed by atoms with E-state index in [2.05, 4.69) is 0 Å². The van der Waals surface area contributed by atoms with Crippen molar-refractivity contribution in [3.63, 3.8) is 0 Å². The van der Waals surface area contributed by atoms with E-state index in [1.807, 2.05) is 23.5 Å². The molecule has 0 aromatic carbocycles. The molecule has 0 N–H and O–H groups in total. The molecule has 1 aromatic rings. The quantitative estimate of drug-likeness (QED) is 0.451. The van der Waals surface area contributed by atoms with Gasteiger partial charge in [0.15, 0.2) is 0 Å². The second kappa shape index (κ2) is 7.26. The average Bonchev–Trinajstić information content (AvgIpc) is 3.29. The molecule has 0 unspecified atom stereocenters. The summed E-state index contributed by atoms with van der Waals surface area (Å²) in [5.74, 6) is 0. The van der Waals surface area contributed by atoms with Crippen molar-refractivity contribution in [2.75, 3.05) is 13.2 Å². The van der Waals surface area contributed by atoms with E-state index < -0.39 is 0 Å². The van der Waals surface area contributed by atoms with E-state index in [0.29, 0.717) is 43.1 Å². The molecular formula is C13H8O3S6Se2. The maximum atomic E-state index is 12.6. The Bertz CT molecular complexity index is 919. The van der Waals surface area contributed by atoms with Gasteiger partial charge in [-0.05, 0) is 0 Å². The molecule has 0 atom stereocenters. The summed E-state index contributed by atoms with van der Waals surface area (Å²) in [5, 5.41) is 4.46. The maximum absolute atomic E-state index is 12.6. The van der Waals surface area contributed by atoms with E-state index >= 15 is 0 Å². The third-order valence-electron chi connectivity index (χ3n) is 3.09. The Hall–Kier alpha value is 1.11. The number of hydrogen-bond acceptors (Lipinski definition) is 9. The standard InChI is InChI=1S/C13H8O3S6Se2/c14-6-5(9-21-12-13(22-9)24-4-3-23-12)17-10(18-6)11-19-7-8(20-11)16-2-1-15-7/h1-4H2. The summed E-state index contributed by atoms with van der Waals surface area (Å²) in [6.45, 7) is 1.22. The Labute approximate surface area is 175 Å². The van der Waals surface area contributed by atoms with Crippen molar-refractivity contribution >= 4 is 108 Å². The first-order chi connectivity index (χ1) is 11.8. The summed E-state index contributed by atoms with van der Waals surface area (Å²) >= 11 is 11.2. The van der Waals surface area contributed by atoms with Crippen LogP contribution in [-0.4, -0.2) is 43.1 Å². The van der Waals surface area contributed by atoms with Gasteiger partial charge in [0.2, 0.25) is 0 Å². The fourth-order valence-corrected chi connectivity index (χ4v) is 18.6. The van der Waals surface area contributed by atoms with Crippen LogP contribution in [0.15, 0.2) is 22.6 Å². The van der Waals surface area contributed by atoms with Gasteiger partial charge >= 0.3 is 177 Å². The van der Waals surface area contributed by atoms with Crippen molar-refractivity contribution in [3.8, 4) is 0 Å². The molecule has 3 nitrogen and oxygen atoms in total. The van der Waals surface area contributed by atoms with Crippen molar-refractivity contribution in [2.24, 2.45) is 0 Å².